The summed E-state index contributed by atoms with van der Waals surface area (Å²) in [6.45, 7) is -0.0168. The van der Waals surface area contributed by atoms with Gasteiger partial charge in [0.05, 0.1) is 28.2 Å². The van der Waals surface area contributed by atoms with Crippen LogP contribution in [0, 0.1) is 5.82 Å². The lowest BCUT2D eigenvalue weighted by Crippen LogP contribution is -2.29. The zero-order valence-corrected chi connectivity index (χ0v) is 20.1. The van der Waals surface area contributed by atoms with Gasteiger partial charge in [-0.2, -0.15) is 0 Å². The topological polar surface area (TPSA) is 87.1 Å². The molecule has 1 heterocycles. The molecule has 0 saturated carbocycles. The van der Waals surface area contributed by atoms with Gasteiger partial charge < -0.3 is 19.8 Å². The van der Waals surface area contributed by atoms with E-state index in [-0.39, 0.29) is 28.6 Å². The van der Waals surface area contributed by atoms with Crippen molar-refractivity contribution in [1.82, 2.24) is 4.90 Å². The van der Waals surface area contributed by atoms with Crippen LogP contribution >= 0.6 is 27.5 Å². The summed E-state index contributed by atoms with van der Waals surface area (Å²) >= 11 is 9.46. The zero-order chi connectivity index (χ0) is 24.6. The van der Waals surface area contributed by atoms with Crippen LogP contribution in [-0.4, -0.2) is 33.9 Å². The lowest BCUT2D eigenvalue weighted by Gasteiger charge is -2.25. The van der Waals surface area contributed by atoms with Crippen molar-refractivity contribution in [1.29, 1.82) is 0 Å². The molecule has 3 aromatic rings. The average molecular weight is 547 g/mol. The lowest BCUT2D eigenvalue weighted by atomic mass is 9.95. The van der Waals surface area contributed by atoms with Gasteiger partial charge in [0.2, 0.25) is 0 Å². The van der Waals surface area contributed by atoms with E-state index in [4.69, 9.17) is 16.3 Å². The number of aromatic hydroxyl groups is 1. The highest BCUT2D eigenvalue weighted by Gasteiger charge is 2.46. The third-order valence-electron chi connectivity index (χ3n) is 5.52. The molecule has 3 aromatic carbocycles. The molecule has 4 rings (SSSR count). The molecular weight excluding hydrogens is 529 g/mol. The number of methoxy groups -OCH3 is 1. The Morgan fingerprint density at radius 3 is 2.44 bits per heavy atom. The zero-order valence-electron chi connectivity index (χ0n) is 17.8. The number of ketones is 1. The molecule has 0 aliphatic carbocycles. The van der Waals surface area contributed by atoms with Gasteiger partial charge in [0.15, 0.2) is 0 Å². The van der Waals surface area contributed by atoms with Gasteiger partial charge in [-0.15, -0.1) is 0 Å². The molecule has 174 valence electrons. The first-order chi connectivity index (χ1) is 16.2. The first-order valence-corrected chi connectivity index (χ1v) is 11.2. The quantitative estimate of drug-likeness (QED) is 0.248. The molecule has 1 atom stereocenters. The van der Waals surface area contributed by atoms with Crippen molar-refractivity contribution in [2.45, 2.75) is 12.6 Å². The molecule has 34 heavy (non-hydrogen) atoms. The van der Waals surface area contributed by atoms with Crippen LogP contribution in [-0.2, 0) is 16.1 Å². The van der Waals surface area contributed by atoms with Gasteiger partial charge >= 0.3 is 0 Å². The predicted octanol–water partition coefficient (Wildman–Crippen LogP) is 5.58. The number of Topliss-reactive ketones (excluding diaryl/α,β-unsaturated/α-hetero) is 1. The SMILES string of the molecule is COc1ccc(/C(O)=C2/C(=O)C(=O)N(Cc3ccc(F)cc3)C2c2ccc(O)c(Cl)c2)cc1Br. The fourth-order valence-electron chi connectivity index (χ4n) is 3.84. The highest BCUT2D eigenvalue weighted by Crippen LogP contribution is 2.42. The molecule has 1 aliphatic rings. The number of carbonyl (C=O) groups excluding carboxylic acids is 2. The van der Waals surface area contributed by atoms with Crippen molar-refractivity contribution in [2.75, 3.05) is 7.11 Å². The van der Waals surface area contributed by atoms with Crippen molar-refractivity contribution >= 4 is 45.0 Å². The van der Waals surface area contributed by atoms with Crippen LogP contribution in [0.1, 0.15) is 22.7 Å². The summed E-state index contributed by atoms with van der Waals surface area (Å²) in [6.07, 6.45) is 0. The molecule has 1 amide bonds. The van der Waals surface area contributed by atoms with Crippen molar-refractivity contribution < 1.29 is 28.9 Å². The number of rotatable bonds is 5. The highest BCUT2D eigenvalue weighted by molar-refractivity contribution is 9.10. The summed E-state index contributed by atoms with van der Waals surface area (Å²) in [5.41, 5.74) is 1.16. The third-order valence-corrected chi connectivity index (χ3v) is 6.44. The van der Waals surface area contributed by atoms with Gasteiger partial charge in [-0.25, -0.2) is 4.39 Å². The van der Waals surface area contributed by atoms with Crippen LogP contribution in [0.15, 0.2) is 70.7 Å². The van der Waals surface area contributed by atoms with Crippen LogP contribution in [0.4, 0.5) is 4.39 Å². The summed E-state index contributed by atoms with van der Waals surface area (Å²) in [7, 11) is 1.50. The maximum Gasteiger partial charge on any atom is 0.295 e. The molecule has 6 nitrogen and oxygen atoms in total. The molecule has 2 N–H and O–H groups in total. The molecule has 0 aromatic heterocycles. The summed E-state index contributed by atoms with van der Waals surface area (Å²) in [6, 6.07) is 13.6. The summed E-state index contributed by atoms with van der Waals surface area (Å²) < 4.78 is 19.1. The van der Waals surface area contributed by atoms with Gasteiger partial charge in [-0.05, 0) is 69.5 Å². The van der Waals surface area contributed by atoms with Crippen LogP contribution < -0.4 is 4.74 Å². The van der Waals surface area contributed by atoms with E-state index < -0.39 is 23.5 Å². The fraction of sp³-hybridized carbons (Fsp3) is 0.120. The Hall–Kier alpha value is -3.36. The van der Waals surface area contributed by atoms with Crippen molar-refractivity contribution in [3.8, 4) is 11.5 Å². The minimum atomic E-state index is -0.996. The van der Waals surface area contributed by atoms with Crippen LogP contribution in [0.2, 0.25) is 5.02 Å². The van der Waals surface area contributed by atoms with Gasteiger partial charge in [0.25, 0.3) is 11.7 Å². The molecule has 0 spiro atoms. The van der Waals surface area contributed by atoms with Crippen molar-refractivity contribution in [3.05, 3.63) is 98.2 Å². The standard InChI is InChI=1S/C25H18BrClFNO5/c1-34-20-9-5-15(10-17(20)26)23(31)21-22(14-4-8-19(30)18(27)11-14)29(25(33)24(21)32)12-13-2-6-16(28)7-3-13/h2-11,22,30-31H,12H2,1H3/b23-21-. The number of aliphatic hydroxyl groups excluding tert-OH is 1. The maximum absolute atomic E-state index is 13.4. The Labute approximate surface area is 208 Å². The third kappa shape index (κ3) is 4.38. The number of halogens is 3. The maximum atomic E-state index is 13.4. The lowest BCUT2D eigenvalue weighted by molar-refractivity contribution is -0.140. The van der Waals surface area contributed by atoms with Gasteiger partial charge in [0, 0.05) is 12.1 Å². The summed E-state index contributed by atoms with van der Waals surface area (Å²) in [4.78, 5) is 27.5. The Kier molecular flexibility index (Phi) is 6.63. The number of phenols is 1. The summed E-state index contributed by atoms with van der Waals surface area (Å²) in [5, 5.41) is 21.0. The predicted molar refractivity (Wildman–Crippen MR) is 128 cm³/mol. The first-order valence-electron chi connectivity index (χ1n) is 10.1. The number of carbonyl (C=O) groups is 2. The van der Waals surface area contributed by atoms with Gasteiger partial charge in [0.1, 0.15) is 23.1 Å². The minimum Gasteiger partial charge on any atom is -0.507 e. The molecule has 9 heteroatoms. The number of nitrogens with zero attached hydrogens (tertiary/aromatic N) is 1. The van der Waals surface area contributed by atoms with Crippen LogP contribution in [0.25, 0.3) is 5.76 Å². The van der Waals surface area contributed by atoms with Crippen LogP contribution in [0.5, 0.6) is 11.5 Å². The smallest absolute Gasteiger partial charge is 0.295 e. The largest absolute Gasteiger partial charge is 0.507 e. The number of aliphatic hydroxyl groups is 1. The Morgan fingerprint density at radius 2 is 1.82 bits per heavy atom. The van der Waals surface area contributed by atoms with E-state index in [9.17, 15) is 24.2 Å². The number of hydrogen-bond donors (Lipinski definition) is 2. The minimum absolute atomic E-state index is 0.0168. The van der Waals surface area contributed by atoms with Gasteiger partial charge in [-0.3, -0.25) is 9.59 Å². The van der Waals surface area contributed by atoms with E-state index in [0.29, 0.717) is 26.9 Å². The van der Waals surface area contributed by atoms with E-state index in [2.05, 4.69) is 15.9 Å². The highest BCUT2D eigenvalue weighted by atomic mass is 79.9. The Morgan fingerprint density at radius 1 is 1.12 bits per heavy atom. The fourth-order valence-corrected chi connectivity index (χ4v) is 4.57. The molecule has 0 radical (unpaired) electrons. The molecule has 1 saturated heterocycles. The second kappa shape index (κ2) is 9.48. The number of ether oxygens (including phenoxy) is 1. The van der Waals surface area contributed by atoms with Crippen molar-refractivity contribution in [3.63, 3.8) is 0 Å². The van der Waals surface area contributed by atoms with E-state index in [1.807, 2.05) is 0 Å². The van der Waals surface area contributed by atoms with E-state index >= 15 is 0 Å². The average Bonchev–Trinajstić information content (AvgIpc) is 3.06. The van der Waals surface area contributed by atoms with Gasteiger partial charge in [-0.1, -0.05) is 29.8 Å². The first kappa shape index (κ1) is 23.8. The number of phenolic OH excluding ortho intramolecular Hbond substituents is 1. The second-order valence-electron chi connectivity index (χ2n) is 7.61. The number of likely N-dealkylation sites (tertiary alicyclic amines) is 1. The normalized spacial score (nSPS) is 17.3. The molecule has 1 aliphatic heterocycles. The number of amides is 1. The second-order valence-corrected chi connectivity index (χ2v) is 8.88. The number of hydrogen-bond acceptors (Lipinski definition) is 5. The molecule has 1 unspecified atom stereocenters. The Balaban J connectivity index is 1.87. The number of benzene rings is 3. The molecule has 1 fully saturated rings. The summed E-state index contributed by atoms with van der Waals surface area (Å²) in [5.74, 6) is -2.15. The van der Waals surface area contributed by atoms with E-state index in [1.54, 1.807) is 18.2 Å². The molecular formula is C25H18BrClFNO5. The van der Waals surface area contributed by atoms with Crippen molar-refractivity contribution in [2.24, 2.45) is 0 Å². The Bertz CT molecular complexity index is 1330. The monoisotopic (exact) mass is 545 g/mol. The van der Waals surface area contributed by atoms with Crippen LogP contribution in [0.3, 0.4) is 0 Å². The van der Waals surface area contributed by atoms with E-state index in [1.165, 1.54) is 54.5 Å². The van der Waals surface area contributed by atoms with E-state index in [0.717, 1.165) is 0 Å². The molecule has 0 bridgehead atoms.